The number of carbonyl (C=O) groups is 1. The summed E-state index contributed by atoms with van der Waals surface area (Å²) in [7, 11) is 0. The third-order valence-electron chi connectivity index (χ3n) is 1.77. The van der Waals surface area contributed by atoms with Gasteiger partial charge in [0.2, 0.25) is 5.91 Å². The summed E-state index contributed by atoms with van der Waals surface area (Å²) < 4.78 is 0. The largest absolute Gasteiger partial charge is 0.351 e. The second kappa shape index (κ2) is 7.88. The molecule has 4 heteroatoms. The van der Waals surface area contributed by atoms with Crippen molar-refractivity contribution in [1.82, 2.24) is 10.6 Å². The Balaban J connectivity index is 3.75. The van der Waals surface area contributed by atoms with E-state index in [9.17, 15) is 4.79 Å². The lowest BCUT2D eigenvalue weighted by Crippen LogP contribution is -2.46. The van der Waals surface area contributed by atoms with E-state index in [1.165, 1.54) is 0 Å². The minimum atomic E-state index is -0.142. The molecule has 82 valence electrons. The summed E-state index contributed by atoms with van der Waals surface area (Å²) >= 11 is 1.77. The van der Waals surface area contributed by atoms with Crippen LogP contribution in [0.3, 0.4) is 0 Å². The predicted molar refractivity (Wildman–Crippen MR) is 63.6 cm³/mol. The molecule has 0 saturated heterocycles. The van der Waals surface area contributed by atoms with E-state index in [1.807, 2.05) is 6.92 Å². The average Bonchev–Trinajstić information content (AvgIpc) is 2.14. The Labute approximate surface area is 90.7 Å². The molecule has 0 saturated carbocycles. The standard InChI is InChI=1S/C10H20N2OS/c1-5-6-11-10(13)9(3)12-8(2)7-14-4/h5,8-9,12H,1,6-7H2,2-4H3,(H,11,13). The van der Waals surface area contributed by atoms with Crippen molar-refractivity contribution in [2.45, 2.75) is 25.9 Å². The molecule has 0 aliphatic carbocycles. The zero-order valence-electron chi connectivity index (χ0n) is 9.17. The molecule has 0 heterocycles. The highest BCUT2D eigenvalue weighted by molar-refractivity contribution is 7.98. The molecule has 0 rings (SSSR count). The second-order valence-corrected chi connectivity index (χ2v) is 4.19. The van der Waals surface area contributed by atoms with Crippen LogP contribution in [0.25, 0.3) is 0 Å². The number of carbonyl (C=O) groups excluding carboxylic acids is 1. The Bertz CT molecular complexity index is 185. The summed E-state index contributed by atoms with van der Waals surface area (Å²) in [5.41, 5.74) is 0. The van der Waals surface area contributed by atoms with Gasteiger partial charge in [-0.1, -0.05) is 6.08 Å². The highest BCUT2D eigenvalue weighted by atomic mass is 32.2. The lowest BCUT2D eigenvalue weighted by atomic mass is 10.2. The van der Waals surface area contributed by atoms with Crippen molar-refractivity contribution < 1.29 is 4.79 Å². The van der Waals surface area contributed by atoms with Gasteiger partial charge in [0, 0.05) is 18.3 Å². The van der Waals surface area contributed by atoms with Gasteiger partial charge < -0.3 is 10.6 Å². The number of thioether (sulfide) groups is 1. The van der Waals surface area contributed by atoms with E-state index in [0.29, 0.717) is 12.6 Å². The number of hydrogen-bond acceptors (Lipinski definition) is 3. The normalized spacial score (nSPS) is 14.5. The van der Waals surface area contributed by atoms with E-state index in [0.717, 1.165) is 5.75 Å². The average molecular weight is 216 g/mol. The zero-order valence-corrected chi connectivity index (χ0v) is 9.99. The first-order valence-electron chi connectivity index (χ1n) is 4.75. The number of nitrogens with one attached hydrogen (secondary N) is 2. The molecule has 0 spiro atoms. The molecule has 0 aliphatic heterocycles. The monoisotopic (exact) mass is 216 g/mol. The molecule has 0 aromatic rings. The fraction of sp³-hybridized carbons (Fsp3) is 0.700. The molecule has 0 aliphatic rings. The first kappa shape index (κ1) is 13.5. The highest BCUT2D eigenvalue weighted by Gasteiger charge is 2.13. The minimum absolute atomic E-state index is 0.0258. The van der Waals surface area contributed by atoms with Crippen LogP contribution in [0, 0.1) is 0 Å². The molecule has 3 nitrogen and oxygen atoms in total. The molecule has 0 aromatic carbocycles. The minimum Gasteiger partial charge on any atom is -0.351 e. The Kier molecular flexibility index (Phi) is 7.61. The summed E-state index contributed by atoms with van der Waals surface area (Å²) in [5.74, 6) is 1.04. The number of hydrogen-bond donors (Lipinski definition) is 2. The Hall–Kier alpha value is -0.480. The van der Waals surface area contributed by atoms with E-state index in [4.69, 9.17) is 0 Å². The third-order valence-corrected chi connectivity index (χ3v) is 2.60. The van der Waals surface area contributed by atoms with E-state index in [-0.39, 0.29) is 11.9 Å². The van der Waals surface area contributed by atoms with Crippen molar-refractivity contribution in [3.05, 3.63) is 12.7 Å². The van der Waals surface area contributed by atoms with Crippen LogP contribution in [0.5, 0.6) is 0 Å². The number of amides is 1. The van der Waals surface area contributed by atoms with E-state index in [2.05, 4.69) is 30.4 Å². The van der Waals surface area contributed by atoms with Crippen molar-refractivity contribution in [2.75, 3.05) is 18.6 Å². The molecular weight excluding hydrogens is 196 g/mol. The Morgan fingerprint density at radius 2 is 2.21 bits per heavy atom. The van der Waals surface area contributed by atoms with Crippen LogP contribution in [-0.2, 0) is 4.79 Å². The first-order chi connectivity index (χ1) is 6.61. The molecule has 2 unspecified atom stereocenters. The van der Waals surface area contributed by atoms with Gasteiger partial charge in [0.1, 0.15) is 0 Å². The summed E-state index contributed by atoms with van der Waals surface area (Å²) in [6, 6.07) is 0.214. The van der Waals surface area contributed by atoms with Gasteiger partial charge in [-0.25, -0.2) is 0 Å². The Morgan fingerprint density at radius 3 is 2.71 bits per heavy atom. The van der Waals surface area contributed by atoms with Gasteiger partial charge in [-0.2, -0.15) is 11.8 Å². The van der Waals surface area contributed by atoms with Crippen LogP contribution >= 0.6 is 11.8 Å². The SMILES string of the molecule is C=CCNC(=O)C(C)NC(C)CSC. The maximum absolute atomic E-state index is 11.4. The topological polar surface area (TPSA) is 41.1 Å². The van der Waals surface area contributed by atoms with Crippen molar-refractivity contribution in [3.8, 4) is 0 Å². The molecule has 0 bridgehead atoms. The molecule has 0 radical (unpaired) electrons. The van der Waals surface area contributed by atoms with Gasteiger partial charge in [-0.15, -0.1) is 6.58 Å². The fourth-order valence-corrected chi connectivity index (χ4v) is 1.72. The lowest BCUT2D eigenvalue weighted by Gasteiger charge is -2.18. The van der Waals surface area contributed by atoms with E-state index in [1.54, 1.807) is 17.8 Å². The Morgan fingerprint density at radius 1 is 1.57 bits per heavy atom. The van der Waals surface area contributed by atoms with Gasteiger partial charge >= 0.3 is 0 Å². The summed E-state index contributed by atoms with van der Waals surface area (Å²) in [4.78, 5) is 11.4. The van der Waals surface area contributed by atoms with Crippen molar-refractivity contribution >= 4 is 17.7 Å². The molecule has 2 N–H and O–H groups in total. The maximum atomic E-state index is 11.4. The van der Waals surface area contributed by atoms with E-state index < -0.39 is 0 Å². The lowest BCUT2D eigenvalue weighted by molar-refractivity contribution is -0.122. The molecular formula is C10H20N2OS. The fourth-order valence-electron chi connectivity index (χ4n) is 1.13. The maximum Gasteiger partial charge on any atom is 0.237 e. The first-order valence-corrected chi connectivity index (χ1v) is 6.14. The van der Waals surface area contributed by atoms with E-state index >= 15 is 0 Å². The van der Waals surface area contributed by atoms with Crippen molar-refractivity contribution in [2.24, 2.45) is 0 Å². The second-order valence-electron chi connectivity index (χ2n) is 3.28. The van der Waals surface area contributed by atoms with Crippen LogP contribution in [0.4, 0.5) is 0 Å². The van der Waals surface area contributed by atoms with Gasteiger partial charge in [-0.3, -0.25) is 4.79 Å². The summed E-state index contributed by atoms with van der Waals surface area (Å²) in [5, 5.41) is 5.98. The van der Waals surface area contributed by atoms with Crippen molar-refractivity contribution in [3.63, 3.8) is 0 Å². The van der Waals surface area contributed by atoms with Gasteiger partial charge in [0.15, 0.2) is 0 Å². The smallest absolute Gasteiger partial charge is 0.237 e. The molecule has 1 amide bonds. The van der Waals surface area contributed by atoms with Crippen LogP contribution < -0.4 is 10.6 Å². The van der Waals surface area contributed by atoms with Crippen LogP contribution in [0.15, 0.2) is 12.7 Å². The van der Waals surface area contributed by atoms with Crippen LogP contribution in [0.1, 0.15) is 13.8 Å². The summed E-state index contributed by atoms with van der Waals surface area (Å²) in [6.45, 7) is 8.02. The predicted octanol–water partition coefficient (Wildman–Crippen LogP) is 1.02. The van der Waals surface area contributed by atoms with Gasteiger partial charge in [0.25, 0.3) is 0 Å². The van der Waals surface area contributed by atoms with Gasteiger partial charge in [-0.05, 0) is 20.1 Å². The molecule has 2 atom stereocenters. The van der Waals surface area contributed by atoms with Gasteiger partial charge in [0.05, 0.1) is 6.04 Å². The quantitative estimate of drug-likeness (QED) is 0.624. The molecule has 0 fully saturated rings. The molecule has 0 aromatic heterocycles. The van der Waals surface area contributed by atoms with Crippen LogP contribution in [-0.4, -0.2) is 36.5 Å². The number of rotatable bonds is 7. The van der Waals surface area contributed by atoms with Crippen LogP contribution in [0.2, 0.25) is 0 Å². The zero-order chi connectivity index (χ0) is 11.0. The summed E-state index contributed by atoms with van der Waals surface area (Å²) in [6.07, 6.45) is 3.73. The highest BCUT2D eigenvalue weighted by Crippen LogP contribution is 1.97. The third kappa shape index (κ3) is 6.05. The molecule has 14 heavy (non-hydrogen) atoms. The van der Waals surface area contributed by atoms with Crippen molar-refractivity contribution in [1.29, 1.82) is 0 Å².